The van der Waals surface area contributed by atoms with E-state index in [2.05, 4.69) is 23.7 Å². The zero-order valence-electron chi connectivity index (χ0n) is 8.84. The van der Waals surface area contributed by atoms with Crippen molar-refractivity contribution in [2.24, 2.45) is 0 Å². The first kappa shape index (κ1) is 9.16. The number of fused-ring (bicyclic) bond motifs is 2. The summed E-state index contributed by atoms with van der Waals surface area (Å²) in [4.78, 5) is 4.73. The molecule has 0 fully saturated rings. The summed E-state index contributed by atoms with van der Waals surface area (Å²) < 4.78 is 1.33. The van der Waals surface area contributed by atoms with Gasteiger partial charge in [-0.3, -0.25) is 4.98 Å². The van der Waals surface area contributed by atoms with Gasteiger partial charge in [0, 0.05) is 12.2 Å². The van der Waals surface area contributed by atoms with Gasteiger partial charge in [0.25, 0.3) is 0 Å². The highest BCUT2D eigenvalue weighted by Gasteiger charge is 2.19. The molecule has 2 aromatic rings. The predicted octanol–water partition coefficient (Wildman–Crippen LogP) is 3.22. The van der Waals surface area contributed by atoms with Crippen molar-refractivity contribution in [1.82, 2.24) is 4.98 Å². The average molecular weight is 218 g/mol. The molecule has 0 amide bonds. The Morgan fingerprint density at radius 1 is 1.47 bits per heavy atom. The van der Waals surface area contributed by atoms with Crippen LogP contribution in [0.1, 0.15) is 24.6 Å². The van der Waals surface area contributed by atoms with Gasteiger partial charge < -0.3 is 5.32 Å². The lowest BCUT2D eigenvalue weighted by Gasteiger charge is -2.10. The lowest BCUT2D eigenvalue weighted by Crippen LogP contribution is -2.02. The predicted molar refractivity (Wildman–Crippen MR) is 65.8 cm³/mol. The van der Waals surface area contributed by atoms with Gasteiger partial charge in [0.05, 0.1) is 15.9 Å². The van der Waals surface area contributed by atoms with Crippen LogP contribution >= 0.6 is 11.3 Å². The van der Waals surface area contributed by atoms with E-state index in [-0.39, 0.29) is 0 Å². The second-order valence-electron chi connectivity index (χ2n) is 3.93. The summed E-state index contributed by atoms with van der Waals surface area (Å²) in [5, 5.41) is 5.64. The number of nitrogens with zero attached hydrogens (tertiary/aromatic N) is 1. The Balaban J connectivity index is 2.29. The Bertz CT molecular complexity index is 502. The highest BCUT2D eigenvalue weighted by molar-refractivity contribution is 7.17. The molecule has 0 unspecified atom stereocenters. The molecule has 0 spiro atoms. The second-order valence-corrected chi connectivity index (χ2v) is 4.85. The minimum absolute atomic E-state index is 0.990. The maximum atomic E-state index is 4.73. The number of pyridine rings is 1. The van der Waals surface area contributed by atoms with Crippen LogP contribution in [0.2, 0.25) is 0 Å². The van der Waals surface area contributed by atoms with E-state index in [0.717, 1.165) is 18.5 Å². The Kier molecular flexibility index (Phi) is 2.13. The Labute approximate surface area is 93.3 Å². The normalized spacial score (nSPS) is 14.5. The van der Waals surface area contributed by atoms with Gasteiger partial charge in [-0.2, -0.15) is 0 Å². The maximum Gasteiger partial charge on any atom is 0.0834 e. The van der Waals surface area contributed by atoms with Crippen LogP contribution in [0.5, 0.6) is 0 Å². The van der Waals surface area contributed by atoms with Crippen molar-refractivity contribution in [3.63, 3.8) is 0 Å². The van der Waals surface area contributed by atoms with E-state index in [1.807, 2.05) is 0 Å². The number of aromatic nitrogens is 1. The lowest BCUT2D eigenvalue weighted by molar-refractivity contribution is 0.901. The summed E-state index contributed by atoms with van der Waals surface area (Å²) in [5.41, 5.74) is 5.30. The third-order valence-corrected chi connectivity index (χ3v) is 3.89. The molecule has 1 aliphatic carbocycles. The highest BCUT2D eigenvalue weighted by Crippen LogP contribution is 2.36. The van der Waals surface area contributed by atoms with Crippen LogP contribution in [-0.4, -0.2) is 11.5 Å². The topological polar surface area (TPSA) is 24.9 Å². The first-order valence-corrected chi connectivity index (χ1v) is 6.41. The summed E-state index contributed by atoms with van der Waals surface area (Å²) in [7, 11) is 0. The molecule has 15 heavy (non-hydrogen) atoms. The molecule has 3 rings (SSSR count). The van der Waals surface area contributed by atoms with E-state index < -0.39 is 0 Å². The molecular formula is C12H14N2S. The number of aryl methyl sites for hydroxylation is 1. The van der Waals surface area contributed by atoms with Crippen LogP contribution < -0.4 is 5.32 Å². The third kappa shape index (κ3) is 1.34. The second kappa shape index (κ2) is 3.49. The molecule has 0 saturated carbocycles. The van der Waals surface area contributed by atoms with Crippen LogP contribution in [0, 0.1) is 0 Å². The molecule has 2 aromatic heterocycles. The first-order chi connectivity index (χ1) is 7.40. The fraction of sp³-hybridized carbons (Fsp3) is 0.417. The Morgan fingerprint density at radius 3 is 3.27 bits per heavy atom. The van der Waals surface area contributed by atoms with Crippen molar-refractivity contribution in [2.45, 2.75) is 26.2 Å². The van der Waals surface area contributed by atoms with Crippen LogP contribution in [0.4, 0.5) is 5.69 Å². The Hall–Kier alpha value is -1.09. The quantitative estimate of drug-likeness (QED) is 0.837. The van der Waals surface area contributed by atoms with E-state index in [9.17, 15) is 0 Å². The fourth-order valence-corrected chi connectivity index (χ4v) is 3.22. The molecule has 1 aliphatic rings. The van der Waals surface area contributed by atoms with Crippen LogP contribution in [-0.2, 0) is 12.8 Å². The van der Waals surface area contributed by atoms with E-state index in [1.54, 1.807) is 11.3 Å². The zero-order valence-corrected chi connectivity index (χ0v) is 9.66. The summed E-state index contributed by atoms with van der Waals surface area (Å²) in [6.45, 7) is 3.14. The van der Waals surface area contributed by atoms with Crippen LogP contribution in [0.25, 0.3) is 10.2 Å². The van der Waals surface area contributed by atoms with Gasteiger partial charge in [0.2, 0.25) is 0 Å². The number of hydrogen-bond acceptors (Lipinski definition) is 3. The summed E-state index contributed by atoms with van der Waals surface area (Å²) in [6.07, 6.45) is 3.61. The van der Waals surface area contributed by atoms with Gasteiger partial charge in [0.1, 0.15) is 0 Å². The van der Waals surface area contributed by atoms with Crippen molar-refractivity contribution in [1.29, 1.82) is 0 Å². The van der Waals surface area contributed by atoms with Crippen LogP contribution in [0.3, 0.4) is 0 Å². The van der Waals surface area contributed by atoms with Gasteiger partial charge >= 0.3 is 0 Å². The summed E-state index contributed by atoms with van der Waals surface area (Å²) in [6, 6.07) is 2.12. The van der Waals surface area contributed by atoms with Gasteiger partial charge in [0.15, 0.2) is 0 Å². The van der Waals surface area contributed by atoms with E-state index in [1.165, 1.54) is 34.5 Å². The molecule has 0 bridgehead atoms. The van der Waals surface area contributed by atoms with Crippen molar-refractivity contribution in [3.05, 3.63) is 22.7 Å². The SMILES string of the molecule is CCNc1c2c(nc3ccsc13)CCC2. The maximum absolute atomic E-state index is 4.73. The molecular weight excluding hydrogens is 204 g/mol. The first-order valence-electron chi connectivity index (χ1n) is 5.53. The monoisotopic (exact) mass is 218 g/mol. The number of hydrogen-bond donors (Lipinski definition) is 1. The molecule has 0 aromatic carbocycles. The molecule has 1 N–H and O–H groups in total. The lowest BCUT2D eigenvalue weighted by atomic mass is 10.1. The van der Waals surface area contributed by atoms with Gasteiger partial charge in [-0.25, -0.2) is 0 Å². The largest absolute Gasteiger partial charge is 0.384 e. The van der Waals surface area contributed by atoms with Crippen molar-refractivity contribution >= 4 is 27.2 Å². The number of nitrogens with one attached hydrogen (secondary N) is 1. The minimum Gasteiger partial charge on any atom is -0.384 e. The number of thiophene rings is 1. The summed E-state index contributed by atoms with van der Waals surface area (Å²) >= 11 is 1.79. The van der Waals surface area contributed by atoms with Gasteiger partial charge in [-0.05, 0) is 43.2 Å². The smallest absolute Gasteiger partial charge is 0.0834 e. The van der Waals surface area contributed by atoms with Gasteiger partial charge in [-0.15, -0.1) is 11.3 Å². The molecule has 0 aliphatic heterocycles. The number of anilines is 1. The molecule has 3 heteroatoms. The van der Waals surface area contributed by atoms with E-state index in [4.69, 9.17) is 4.98 Å². The molecule has 2 nitrogen and oxygen atoms in total. The third-order valence-electron chi connectivity index (χ3n) is 2.97. The molecule has 0 saturated heterocycles. The fourth-order valence-electron chi connectivity index (χ4n) is 2.34. The molecule has 2 heterocycles. The standard InChI is InChI=1S/C12H14N2S/c1-2-13-11-8-4-3-5-9(8)14-10-6-7-15-12(10)11/h6-7H,2-5H2,1H3,(H,13,14). The number of rotatable bonds is 2. The van der Waals surface area contributed by atoms with E-state index >= 15 is 0 Å². The minimum atomic E-state index is 0.990. The highest BCUT2D eigenvalue weighted by atomic mass is 32.1. The zero-order chi connectivity index (χ0) is 10.3. The molecule has 0 atom stereocenters. The summed E-state index contributed by atoms with van der Waals surface area (Å²) in [5.74, 6) is 0. The average Bonchev–Trinajstić information content (AvgIpc) is 2.84. The van der Waals surface area contributed by atoms with Crippen molar-refractivity contribution in [2.75, 3.05) is 11.9 Å². The molecule has 0 radical (unpaired) electrons. The van der Waals surface area contributed by atoms with Crippen LogP contribution in [0.15, 0.2) is 11.4 Å². The van der Waals surface area contributed by atoms with Gasteiger partial charge in [-0.1, -0.05) is 0 Å². The van der Waals surface area contributed by atoms with Crippen molar-refractivity contribution < 1.29 is 0 Å². The molecule has 78 valence electrons. The van der Waals surface area contributed by atoms with Crippen molar-refractivity contribution in [3.8, 4) is 0 Å². The van der Waals surface area contributed by atoms with E-state index in [0.29, 0.717) is 0 Å². The Morgan fingerprint density at radius 2 is 2.40 bits per heavy atom.